The Kier molecular flexibility index (Phi) is 3.34. The number of aliphatic carboxylic acids is 1. The first kappa shape index (κ1) is 12.6. The average molecular weight is 249 g/mol. The van der Waals surface area contributed by atoms with Gasteiger partial charge in [-0.3, -0.25) is 9.59 Å². The quantitative estimate of drug-likeness (QED) is 0.813. The van der Waals surface area contributed by atoms with Crippen LogP contribution in [0, 0.1) is 5.41 Å². The van der Waals surface area contributed by atoms with Gasteiger partial charge in [0.25, 0.3) is 0 Å². The van der Waals surface area contributed by atoms with Crippen molar-refractivity contribution >= 4 is 11.9 Å². The second-order valence-electron chi connectivity index (χ2n) is 4.66. The summed E-state index contributed by atoms with van der Waals surface area (Å²) in [5.74, 6) is -1.34. The fourth-order valence-electron chi connectivity index (χ4n) is 2.18. The van der Waals surface area contributed by atoms with Crippen LogP contribution in [0.5, 0.6) is 0 Å². The number of carboxylic acid groups (broad SMARTS) is 1. The molecular weight excluding hydrogens is 234 g/mol. The van der Waals surface area contributed by atoms with Crippen LogP contribution in [0.4, 0.5) is 0 Å². The number of amides is 1. The van der Waals surface area contributed by atoms with E-state index in [0.29, 0.717) is 6.54 Å². The smallest absolute Gasteiger partial charge is 0.314 e. The van der Waals surface area contributed by atoms with Crippen molar-refractivity contribution < 1.29 is 19.8 Å². The number of hydrogen-bond acceptors (Lipinski definition) is 3. The van der Waals surface area contributed by atoms with Gasteiger partial charge in [0, 0.05) is 19.5 Å². The second kappa shape index (κ2) is 4.78. The summed E-state index contributed by atoms with van der Waals surface area (Å²) in [6.45, 7) is -0.0688. The van der Waals surface area contributed by atoms with E-state index in [1.807, 2.05) is 30.3 Å². The molecule has 5 nitrogen and oxygen atoms in total. The molecule has 1 aliphatic heterocycles. The maximum atomic E-state index is 11.8. The zero-order chi connectivity index (χ0) is 13.2. The average Bonchev–Trinajstić information content (AvgIpc) is 2.69. The highest BCUT2D eigenvalue weighted by atomic mass is 16.4. The number of aliphatic hydroxyl groups excluding tert-OH is 1. The molecule has 1 saturated heterocycles. The molecule has 2 rings (SSSR count). The van der Waals surface area contributed by atoms with Crippen molar-refractivity contribution in [2.24, 2.45) is 5.41 Å². The van der Waals surface area contributed by atoms with Gasteiger partial charge in [-0.25, -0.2) is 0 Å². The summed E-state index contributed by atoms with van der Waals surface area (Å²) in [5.41, 5.74) is -0.392. The van der Waals surface area contributed by atoms with Gasteiger partial charge in [-0.15, -0.1) is 0 Å². The van der Waals surface area contributed by atoms with Crippen molar-refractivity contribution in [3.05, 3.63) is 35.9 Å². The predicted octanol–water partition coefficient (Wildman–Crippen LogP) is 0.482. The van der Waals surface area contributed by atoms with Crippen molar-refractivity contribution in [2.45, 2.75) is 13.0 Å². The fraction of sp³-hybridized carbons (Fsp3) is 0.385. The number of carbonyl (C=O) groups excluding carboxylic acids is 1. The Hall–Kier alpha value is -1.88. The van der Waals surface area contributed by atoms with Crippen LogP contribution >= 0.6 is 0 Å². The molecule has 2 N–H and O–H groups in total. The summed E-state index contributed by atoms with van der Waals surface area (Å²) in [5, 5.41) is 18.4. The molecule has 0 radical (unpaired) electrons. The van der Waals surface area contributed by atoms with Crippen molar-refractivity contribution in [1.29, 1.82) is 0 Å². The van der Waals surface area contributed by atoms with Gasteiger partial charge in [-0.1, -0.05) is 30.3 Å². The van der Waals surface area contributed by atoms with E-state index in [4.69, 9.17) is 5.11 Å². The van der Waals surface area contributed by atoms with Crippen molar-refractivity contribution in [2.75, 3.05) is 13.2 Å². The van der Waals surface area contributed by atoms with Gasteiger partial charge in [-0.2, -0.15) is 0 Å². The molecule has 1 heterocycles. The molecule has 1 fully saturated rings. The molecule has 0 spiro atoms. The summed E-state index contributed by atoms with van der Waals surface area (Å²) >= 11 is 0. The normalized spacial score (nSPS) is 23.4. The monoisotopic (exact) mass is 249 g/mol. The van der Waals surface area contributed by atoms with Crippen LogP contribution < -0.4 is 0 Å². The molecular formula is C13H15NO4. The number of carboxylic acids is 1. The lowest BCUT2D eigenvalue weighted by Crippen LogP contribution is -2.37. The van der Waals surface area contributed by atoms with Crippen molar-refractivity contribution in [1.82, 2.24) is 4.90 Å². The first-order chi connectivity index (χ1) is 8.57. The minimum Gasteiger partial charge on any atom is -0.481 e. The number of carbonyl (C=O) groups is 2. The van der Waals surface area contributed by atoms with Crippen LogP contribution in [-0.4, -0.2) is 40.1 Å². The first-order valence-electron chi connectivity index (χ1n) is 5.73. The van der Waals surface area contributed by atoms with E-state index in [1.165, 1.54) is 4.90 Å². The van der Waals surface area contributed by atoms with E-state index in [2.05, 4.69) is 0 Å². The maximum absolute atomic E-state index is 11.8. The molecule has 1 aromatic carbocycles. The Balaban J connectivity index is 2.13. The van der Waals surface area contributed by atoms with Crippen LogP contribution in [0.2, 0.25) is 0 Å². The molecule has 96 valence electrons. The fourth-order valence-corrected chi connectivity index (χ4v) is 2.18. The zero-order valence-corrected chi connectivity index (χ0v) is 9.87. The SMILES string of the molecule is O=C1CC(CO)(C(=O)O)CN1Cc1ccccc1. The molecule has 1 aliphatic rings. The summed E-state index contributed by atoms with van der Waals surface area (Å²) in [7, 11) is 0. The van der Waals surface area contributed by atoms with Gasteiger partial charge >= 0.3 is 5.97 Å². The van der Waals surface area contributed by atoms with E-state index in [9.17, 15) is 14.7 Å². The number of aliphatic hydroxyl groups is 1. The molecule has 5 heteroatoms. The minimum atomic E-state index is -1.34. The lowest BCUT2D eigenvalue weighted by molar-refractivity contribution is -0.151. The van der Waals surface area contributed by atoms with Crippen molar-refractivity contribution in [3.63, 3.8) is 0 Å². The number of benzene rings is 1. The van der Waals surface area contributed by atoms with Gasteiger partial charge in [0.2, 0.25) is 5.91 Å². The highest BCUT2D eigenvalue weighted by molar-refractivity contribution is 5.89. The molecule has 0 bridgehead atoms. The van der Waals surface area contributed by atoms with E-state index >= 15 is 0 Å². The summed E-state index contributed by atoms with van der Waals surface area (Å²) in [4.78, 5) is 24.5. The zero-order valence-electron chi connectivity index (χ0n) is 9.87. The highest BCUT2D eigenvalue weighted by Gasteiger charge is 2.48. The van der Waals surface area contributed by atoms with Crippen molar-refractivity contribution in [3.8, 4) is 0 Å². The third kappa shape index (κ3) is 2.22. The molecule has 1 aromatic rings. The number of rotatable bonds is 4. The Morgan fingerprint density at radius 1 is 1.33 bits per heavy atom. The second-order valence-corrected chi connectivity index (χ2v) is 4.66. The van der Waals surface area contributed by atoms with E-state index in [0.717, 1.165) is 5.56 Å². The number of likely N-dealkylation sites (tertiary alicyclic amines) is 1. The maximum Gasteiger partial charge on any atom is 0.314 e. The molecule has 1 amide bonds. The van der Waals surface area contributed by atoms with Gasteiger partial charge in [0.05, 0.1) is 6.61 Å². The molecule has 0 aliphatic carbocycles. The first-order valence-corrected chi connectivity index (χ1v) is 5.73. The predicted molar refractivity (Wildman–Crippen MR) is 63.6 cm³/mol. The third-order valence-corrected chi connectivity index (χ3v) is 3.31. The Morgan fingerprint density at radius 3 is 2.50 bits per heavy atom. The largest absolute Gasteiger partial charge is 0.481 e. The highest BCUT2D eigenvalue weighted by Crippen LogP contribution is 2.32. The number of nitrogens with zero attached hydrogens (tertiary/aromatic N) is 1. The van der Waals surface area contributed by atoms with Crippen LogP contribution in [0.25, 0.3) is 0 Å². The summed E-state index contributed by atoms with van der Waals surface area (Å²) in [6, 6.07) is 9.38. The van der Waals surface area contributed by atoms with E-state index < -0.39 is 18.0 Å². The molecule has 0 saturated carbocycles. The standard InChI is InChI=1S/C13H15NO4/c15-9-13(12(17)18)6-11(16)14(8-13)7-10-4-2-1-3-5-10/h1-5,15H,6-9H2,(H,17,18). The molecule has 18 heavy (non-hydrogen) atoms. The van der Waals surface area contributed by atoms with Crippen LogP contribution in [-0.2, 0) is 16.1 Å². The minimum absolute atomic E-state index is 0.0621. The van der Waals surface area contributed by atoms with Crippen LogP contribution in [0.15, 0.2) is 30.3 Å². The van der Waals surface area contributed by atoms with Gasteiger partial charge in [0.1, 0.15) is 5.41 Å². The Morgan fingerprint density at radius 2 is 2.00 bits per heavy atom. The third-order valence-electron chi connectivity index (χ3n) is 3.31. The van der Waals surface area contributed by atoms with E-state index in [1.54, 1.807) is 0 Å². The molecule has 1 unspecified atom stereocenters. The van der Waals surface area contributed by atoms with E-state index in [-0.39, 0.29) is 18.9 Å². The lowest BCUT2D eigenvalue weighted by Gasteiger charge is -2.21. The summed E-state index contributed by atoms with van der Waals surface area (Å²) in [6.07, 6.45) is -0.133. The molecule has 0 aromatic heterocycles. The number of hydrogen-bond donors (Lipinski definition) is 2. The van der Waals surface area contributed by atoms with Gasteiger partial charge < -0.3 is 15.1 Å². The lowest BCUT2D eigenvalue weighted by atomic mass is 9.88. The van der Waals surface area contributed by atoms with Crippen LogP contribution in [0.1, 0.15) is 12.0 Å². The topological polar surface area (TPSA) is 77.8 Å². The van der Waals surface area contributed by atoms with Crippen LogP contribution in [0.3, 0.4) is 0 Å². The summed E-state index contributed by atoms with van der Waals surface area (Å²) < 4.78 is 0. The van der Waals surface area contributed by atoms with Gasteiger partial charge in [0.15, 0.2) is 0 Å². The van der Waals surface area contributed by atoms with Gasteiger partial charge in [-0.05, 0) is 5.56 Å². The molecule has 1 atom stereocenters. The Labute approximate surface area is 105 Å². The Bertz CT molecular complexity index is 459.